The average molecular weight is 198 g/mol. The van der Waals surface area contributed by atoms with Gasteiger partial charge in [-0.2, -0.15) is 5.10 Å². The van der Waals surface area contributed by atoms with Gasteiger partial charge < -0.3 is 16.2 Å². The van der Waals surface area contributed by atoms with Crippen molar-refractivity contribution >= 4 is 11.5 Å². The van der Waals surface area contributed by atoms with E-state index in [9.17, 15) is 0 Å². The lowest BCUT2D eigenvalue weighted by Gasteiger charge is -2.09. The van der Waals surface area contributed by atoms with Crippen LogP contribution >= 0.6 is 0 Å². The normalized spacial score (nSPS) is 10.4. The first-order valence-electron chi connectivity index (χ1n) is 4.95. The second-order valence-corrected chi connectivity index (χ2v) is 3.18. The Hall–Kier alpha value is -1.23. The maximum atomic E-state index is 8.71. The lowest BCUT2D eigenvalue weighted by atomic mass is 10.4. The number of anilines is 2. The maximum absolute atomic E-state index is 8.71. The molecule has 0 saturated heterocycles. The van der Waals surface area contributed by atoms with Crippen LogP contribution in [0.1, 0.15) is 19.8 Å². The molecule has 0 aliphatic carbocycles. The topological polar surface area (TPSA) is 76.1 Å². The Morgan fingerprint density at radius 2 is 2.43 bits per heavy atom. The van der Waals surface area contributed by atoms with Gasteiger partial charge in [-0.05, 0) is 12.8 Å². The Morgan fingerprint density at radius 3 is 3.07 bits per heavy atom. The Balaban J connectivity index is 2.62. The van der Waals surface area contributed by atoms with Gasteiger partial charge in [0.1, 0.15) is 5.82 Å². The molecule has 1 heterocycles. The molecule has 0 aliphatic heterocycles. The van der Waals surface area contributed by atoms with Gasteiger partial charge in [-0.1, -0.05) is 6.92 Å². The summed E-state index contributed by atoms with van der Waals surface area (Å²) < 4.78 is 1.79. The van der Waals surface area contributed by atoms with E-state index in [2.05, 4.69) is 17.3 Å². The summed E-state index contributed by atoms with van der Waals surface area (Å²) >= 11 is 0. The van der Waals surface area contributed by atoms with E-state index in [1.54, 1.807) is 10.9 Å². The minimum atomic E-state index is 0.174. The number of aliphatic hydroxyl groups excluding tert-OH is 1. The molecule has 1 rings (SSSR count). The largest absolute Gasteiger partial charge is 0.396 e. The predicted molar refractivity (Wildman–Crippen MR) is 57.1 cm³/mol. The van der Waals surface area contributed by atoms with Crippen LogP contribution in [0.2, 0.25) is 0 Å². The van der Waals surface area contributed by atoms with E-state index < -0.39 is 0 Å². The van der Waals surface area contributed by atoms with Crippen LogP contribution in [0.3, 0.4) is 0 Å². The van der Waals surface area contributed by atoms with Gasteiger partial charge in [-0.25, -0.2) is 4.68 Å². The number of nitrogen functional groups attached to an aromatic ring is 1. The molecule has 0 unspecified atom stereocenters. The molecule has 5 heteroatoms. The Bertz CT molecular complexity index is 272. The van der Waals surface area contributed by atoms with Crippen LogP contribution in [0.5, 0.6) is 0 Å². The van der Waals surface area contributed by atoms with Crippen molar-refractivity contribution in [1.29, 1.82) is 0 Å². The molecule has 4 N–H and O–H groups in total. The first-order chi connectivity index (χ1) is 6.79. The molecule has 0 spiro atoms. The fourth-order valence-corrected chi connectivity index (χ4v) is 1.23. The zero-order valence-electron chi connectivity index (χ0n) is 8.53. The summed E-state index contributed by atoms with van der Waals surface area (Å²) in [4.78, 5) is 0. The van der Waals surface area contributed by atoms with Crippen molar-refractivity contribution in [2.45, 2.75) is 26.3 Å². The molecule has 0 aliphatic rings. The molecule has 1 aromatic heterocycles. The van der Waals surface area contributed by atoms with Gasteiger partial charge in [0.15, 0.2) is 0 Å². The number of hydrogen-bond donors (Lipinski definition) is 3. The Kier molecular flexibility index (Phi) is 4.25. The van der Waals surface area contributed by atoms with Crippen LogP contribution in [-0.2, 0) is 6.54 Å². The second-order valence-electron chi connectivity index (χ2n) is 3.18. The smallest absolute Gasteiger partial charge is 0.147 e. The number of nitrogens with one attached hydrogen (secondary N) is 1. The Labute approximate surface area is 83.9 Å². The molecular formula is C9H18N4O. The third-order valence-corrected chi connectivity index (χ3v) is 1.94. The highest BCUT2D eigenvalue weighted by Crippen LogP contribution is 2.17. The van der Waals surface area contributed by atoms with Gasteiger partial charge in [0, 0.05) is 19.7 Å². The highest BCUT2D eigenvalue weighted by atomic mass is 16.3. The predicted octanol–water partition coefficient (Wildman–Crippen LogP) is 0.670. The number of aliphatic hydroxyl groups is 1. The van der Waals surface area contributed by atoms with Crippen LogP contribution < -0.4 is 11.1 Å². The lowest BCUT2D eigenvalue weighted by molar-refractivity contribution is 0.277. The third kappa shape index (κ3) is 2.63. The average Bonchev–Trinajstić information content (AvgIpc) is 2.53. The summed E-state index contributed by atoms with van der Waals surface area (Å²) in [6.07, 6.45) is 3.38. The van der Waals surface area contributed by atoms with Crippen LogP contribution in [0.25, 0.3) is 0 Å². The number of aromatic nitrogens is 2. The highest BCUT2D eigenvalue weighted by Gasteiger charge is 2.06. The van der Waals surface area contributed by atoms with Gasteiger partial charge in [0.05, 0.1) is 11.9 Å². The standard InChI is InChI=1S/C9H18N4O/c1-2-4-11-9-8(10)7-12-13(9)5-3-6-14/h7,11,14H,2-6,10H2,1H3. The molecule has 0 amide bonds. The number of hydrogen-bond acceptors (Lipinski definition) is 4. The highest BCUT2D eigenvalue weighted by molar-refractivity contribution is 5.60. The number of nitrogens with two attached hydrogens (primary N) is 1. The minimum Gasteiger partial charge on any atom is -0.396 e. The first-order valence-corrected chi connectivity index (χ1v) is 4.95. The van der Waals surface area contributed by atoms with Crippen LogP contribution in [-0.4, -0.2) is 28.0 Å². The molecule has 80 valence electrons. The van der Waals surface area contributed by atoms with Crippen molar-refractivity contribution in [3.8, 4) is 0 Å². The second kappa shape index (κ2) is 5.49. The summed E-state index contributed by atoms with van der Waals surface area (Å²) in [5.74, 6) is 0.861. The van der Waals surface area contributed by atoms with Crippen molar-refractivity contribution in [2.24, 2.45) is 0 Å². The molecule has 1 aromatic rings. The van der Waals surface area contributed by atoms with Gasteiger partial charge >= 0.3 is 0 Å². The fourth-order valence-electron chi connectivity index (χ4n) is 1.23. The van der Waals surface area contributed by atoms with Crippen molar-refractivity contribution in [2.75, 3.05) is 24.2 Å². The first kappa shape index (κ1) is 10.8. The number of rotatable bonds is 6. The van der Waals surface area contributed by atoms with E-state index in [0.29, 0.717) is 18.7 Å². The van der Waals surface area contributed by atoms with Crippen molar-refractivity contribution in [3.63, 3.8) is 0 Å². The van der Waals surface area contributed by atoms with Crippen LogP contribution in [0, 0.1) is 0 Å². The van der Waals surface area contributed by atoms with E-state index in [-0.39, 0.29) is 6.61 Å². The molecule has 0 radical (unpaired) electrons. The maximum Gasteiger partial charge on any atom is 0.147 e. The van der Waals surface area contributed by atoms with Gasteiger partial charge in [-0.15, -0.1) is 0 Å². The fraction of sp³-hybridized carbons (Fsp3) is 0.667. The van der Waals surface area contributed by atoms with E-state index in [0.717, 1.165) is 18.8 Å². The SMILES string of the molecule is CCCNc1c(N)cnn1CCCO. The molecule has 14 heavy (non-hydrogen) atoms. The van der Waals surface area contributed by atoms with E-state index in [1.807, 2.05) is 0 Å². The van der Waals surface area contributed by atoms with Gasteiger partial charge in [0.25, 0.3) is 0 Å². The van der Waals surface area contributed by atoms with E-state index in [1.165, 1.54) is 0 Å². The zero-order chi connectivity index (χ0) is 10.4. The minimum absolute atomic E-state index is 0.174. The quantitative estimate of drug-likeness (QED) is 0.628. The van der Waals surface area contributed by atoms with E-state index in [4.69, 9.17) is 10.8 Å². The van der Waals surface area contributed by atoms with Crippen molar-refractivity contribution in [1.82, 2.24) is 9.78 Å². The van der Waals surface area contributed by atoms with E-state index >= 15 is 0 Å². The summed E-state index contributed by atoms with van der Waals surface area (Å²) in [5, 5.41) is 16.0. The number of nitrogens with zero attached hydrogens (tertiary/aromatic N) is 2. The summed E-state index contributed by atoms with van der Waals surface area (Å²) in [7, 11) is 0. The molecule has 0 saturated carbocycles. The third-order valence-electron chi connectivity index (χ3n) is 1.94. The van der Waals surface area contributed by atoms with Crippen molar-refractivity contribution in [3.05, 3.63) is 6.20 Å². The lowest BCUT2D eigenvalue weighted by Crippen LogP contribution is -2.10. The summed E-state index contributed by atoms with van der Waals surface area (Å²) in [6, 6.07) is 0. The molecular weight excluding hydrogens is 180 g/mol. The molecule has 0 bridgehead atoms. The van der Waals surface area contributed by atoms with Gasteiger partial charge in [0.2, 0.25) is 0 Å². The Morgan fingerprint density at radius 1 is 1.64 bits per heavy atom. The monoisotopic (exact) mass is 198 g/mol. The molecule has 5 nitrogen and oxygen atoms in total. The van der Waals surface area contributed by atoms with Gasteiger partial charge in [-0.3, -0.25) is 0 Å². The zero-order valence-corrected chi connectivity index (χ0v) is 8.53. The summed E-state index contributed by atoms with van der Waals surface area (Å²) in [5.41, 5.74) is 6.41. The molecule has 0 fully saturated rings. The molecule has 0 aromatic carbocycles. The van der Waals surface area contributed by atoms with Crippen LogP contribution in [0.15, 0.2) is 6.20 Å². The van der Waals surface area contributed by atoms with Crippen molar-refractivity contribution < 1.29 is 5.11 Å². The van der Waals surface area contributed by atoms with Crippen LogP contribution in [0.4, 0.5) is 11.5 Å². The number of aryl methyl sites for hydroxylation is 1. The summed E-state index contributed by atoms with van der Waals surface area (Å²) in [6.45, 7) is 3.85. The molecule has 0 atom stereocenters.